The van der Waals surface area contributed by atoms with Crippen LogP contribution in [0.3, 0.4) is 0 Å². The standard InChI is InChI=1S/C24H21NO5/c1-27-15-19-18-7-3-4-8-20(18)30-23(19)24(26)25-16-11-13-17(14-12-16)29-22-10-6-5-9-21(22)28-2/h3-14H,15H2,1-2H3,(H,25,26). The summed E-state index contributed by atoms with van der Waals surface area (Å²) in [7, 11) is 3.18. The summed E-state index contributed by atoms with van der Waals surface area (Å²) >= 11 is 0. The van der Waals surface area contributed by atoms with Crippen LogP contribution in [-0.2, 0) is 11.3 Å². The van der Waals surface area contributed by atoms with Crippen LogP contribution in [0.1, 0.15) is 16.1 Å². The van der Waals surface area contributed by atoms with E-state index in [9.17, 15) is 4.79 Å². The zero-order valence-electron chi connectivity index (χ0n) is 16.7. The molecule has 0 radical (unpaired) electrons. The van der Waals surface area contributed by atoms with Gasteiger partial charge in [0, 0.05) is 23.7 Å². The number of anilines is 1. The summed E-state index contributed by atoms with van der Waals surface area (Å²) in [5.74, 6) is 1.79. The maximum absolute atomic E-state index is 12.8. The van der Waals surface area contributed by atoms with Crippen molar-refractivity contribution >= 4 is 22.6 Å². The number of fused-ring (bicyclic) bond motifs is 1. The molecule has 0 aliphatic rings. The lowest BCUT2D eigenvalue weighted by Crippen LogP contribution is -2.13. The molecule has 0 atom stereocenters. The van der Waals surface area contributed by atoms with E-state index in [1.807, 2.05) is 48.5 Å². The molecular formula is C24H21NO5. The number of benzene rings is 3. The van der Waals surface area contributed by atoms with Crippen LogP contribution in [0.4, 0.5) is 5.69 Å². The highest BCUT2D eigenvalue weighted by molar-refractivity contribution is 6.06. The SMILES string of the molecule is COCc1c(C(=O)Nc2ccc(Oc3ccccc3OC)cc2)oc2ccccc12. The zero-order chi connectivity index (χ0) is 20.9. The van der Waals surface area contributed by atoms with Gasteiger partial charge in [-0.25, -0.2) is 0 Å². The van der Waals surface area contributed by atoms with Crippen molar-refractivity contribution < 1.29 is 23.4 Å². The molecule has 0 saturated carbocycles. The smallest absolute Gasteiger partial charge is 0.291 e. The summed E-state index contributed by atoms with van der Waals surface area (Å²) < 4.78 is 22.2. The fourth-order valence-electron chi connectivity index (χ4n) is 3.19. The molecule has 0 saturated heterocycles. The average Bonchev–Trinajstić information content (AvgIpc) is 3.14. The van der Waals surface area contributed by atoms with Crippen molar-refractivity contribution in [3.63, 3.8) is 0 Å². The van der Waals surface area contributed by atoms with Crippen LogP contribution >= 0.6 is 0 Å². The number of ether oxygens (including phenoxy) is 3. The normalized spacial score (nSPS) is 10.7. The van der Waals surface area contributed by atoms with Crippen molar-refractivity contribution in [1.82, 2.24) is 0 Å². The number of amides is 1. The Kier molecular flexibility index (Phi) is 5.68. The Morgan fingerprint density at radius 1 is 0.900 bits per heavy atom. The van der Waals surface area contributed by atoms with Crippen LogP contribution in [-0.4, -0.2) is 20.1 Å². The van der Waals surface area contributed by atoms with Crippen molar-refractivity contribution in [1.29, 1.82) is 0 Å². The predicted molar refractivity (Wildman–Crippen MR) is 114 cm³/mol. The number of hydrogen-bond donors (Lipinski definition) is 1. The minimum Gasteiger partial charge on any atom is -0.493 e. The van der Waals surface area contributed by atoms with Crippen LogP contribution in [0.2, 0.25) is 0 Å². The Hall–Kier alpha value is -3.77. The van der Waals surface area contributed by atoms with E-state index in [1.165, 1.54) is 0 Å². The van der Waals surface area contributed by atoms with E-state index in [0.29, 0.717) is 28.5 Å². The molecule has 0 aliphatic carbocycles. The van der Waals surface area contributed by atoms with Gasteiger partial charge in [-0.1, -0.05) is 30.3 Å². The maximum Gasteiger partial charge on any atom is 0.291 e. The summed E-state index contributed by atoms with van der Waals surface area (Å²) in [5, 5.41) is 3.73. The Labute approximate surface area is 174 Å². The van der Waals surface area contributed by atoms with E-state index < -0.39 is 0 Å². The lowest BCUT2D eigenvalue weighted by molar-refractivity contribution is 0.0992. The molecule has 0 aliphatic heterocycles. The number of rotatable bonds is 7. The number of nitrogens with one attached hydrogen (secondary N) is 1. The highest BCUT2D eigenvalue weighted by Crippen LogP contribution is 2.32. The summed E-state index contributed by atoms with van der Waals surface area (Å²) in [6.45, 7) is 0.283. The van der Waals surface area contributed by atoms with Crippen LogP contribution in [0.5, 0.6) is 17.2 Å². The molecule has 30 heavy (non-hydrogen) atoms. The quantitative estimate of drug-likeness (QED) is 0.433. The molecule has 152 valence electrons. The fraction of sp³-hybridized carbons (Fsp3) is 0.125. The van der Waals surface area contributed by atoms with E-state index in [4.69, 9.17) is 18.6 Å². The van der Waals surface area contributed by atoms with Crippen LogP contribution < -0.4 is 14.8 Å². The van der Waals surface area contributed by atoms with Gasteiger partial charge in [-0.2, -0.15) is 0 Å². The van der Waals surface area contributed by atoms with Crippen molar-refractivity contribution in [2.45, 2.75) is 6.61 Å². The molecule has 0 unspecified atom stereocenters. The monoisotopic (exact) mass is 403 g/mol. The molecule has 1 N–H and O–H groups in total. The second-order valence-corrected chi connectivity index (χ2v) is 6.57. The predicted octanol–water partition coefficient (Wildman–Crippen LogP) is 5.63. The van der Waals surface area contributed by atoms with Crippen LogP contribution in [0.25, 0.3) is 11.0 Å². The van der Waals surface area contributed by atoms with Gasteiger partial charge in [-0.05, 0) is 42.5 Å². The second kappa shape index (κ2) is 8.71. The number of furan rings is 1. The van der Waals surface area contributed by atoms with Gasteiger partial charge in [-0.15, -0.1) is 0 Å². The molecule has 4 aromatic rings. The largest absolute Gasteiger partial charge is 0.493 e. The minimum absolute atomic E-state index is 0.243. The van der Waals surface area contributed by atoms with Gasteiger partial charge in [0.1, 0.15) is 11.3 Å². The summed E-state index contributed by atoms with van der Waals surface area (Å²) in [6.07, 6.45) is 0. The van der Waals surface area contributed by atoms with Crippen molar-refractivity contribution in [3.8, 4) is 17.2 Å². The number of para-hydroxylation sites is 3. The Bertz CT molecular complexity index is 1160. The molecule has 6 heteroatoms. The number of carbonyl (C=O) groups is 1. The number of hydrogen-bond acceptors (Lipinski definition) is 5. The Morgan fingerprint density at radius 3 is 2.33 bits per heavy atom. The maximum atomic E-state index is 12.8. The van der Waals surface area contributed by atoms with E-state index >= 15 is 0 Å². The van der Waals surface area contributed by atoms with Crippen molar-refractivity contribution in [3.05, 3.63) is 84.1 Å². The Balaban J connectivity index is 1.52. The molecule has 3 aromatic carbocycles. The summed E-state index contributed by atoms with van der Waals surface area (Å²) in [4.78, 5) is 12.8. The lowest BCUT2D eigenvalue weighted by atomic mass is 10.1. The molecule has 4 rings (SSSR count). The van der Waals surface area contributed by atoms with E-state index in [0.717, 1.165) is 10.9 Å². The third kappa shape index (κ3) is 3.99. The van der Waals surface area contributed by atoms with Gasteiger partial charge in [-0.3, -0.25) is 4.79 Å². The zero-order valence-corrected chi connectivity index (χ0v) is 16.7. The lowest BCUT2D eigenvalue weighted by Gasteiger charge is -2.10. The summed E-state index contributed by atoms with van der Waals surface area (Å²) in [5.41, 5.74) is 1.99. The molecule has 6 nitrogen and oxygen atoms in total. The van der Waals surface area contributed by atoms with Crippen molar-refractivity contribution in [2.75, 3.05) is 19.5 Å². The first-order valence-corrected chi connectivity index (χ1v) is 9.41. The molecule has 0 spiro atoms. The van der Waals surface area contributed by atoms with Crippen LogP contribution in [0, 0.1) is 0 Å². The first-order valence-electron chi connectivity index (χ1n) is 9.41. The first kappa shape index (κ1) is 19.5. The molecule has 1 aromatic heterocycles. The molecule has 1 amide bonds. The highest BCUT2D eigenvalue weighted by atomic mass is 16.5. The minimum atomic E-state index is -0.336. The topological polar surface area (TPSA) is 69.9 Å². The summed E-state index contributed by atoms with van der Waals surface area (Å²) in [6, 6.07) is 22.0. The van der Waals surface area contributed by atoms with E-state index in [1.54, 1.807) is 38.5 Å². The number of methoxy groups -OCH3 is 2. The van der Waals surface area contributed by atoms with Crippen LogP contribution in [0.15, 0.2) is 77.2 Å². The Morgan fingerprint density at radius 2 is 1.60 bits per heavy atom. The first-order chi connectivity index (χ1) is 14.7. The van der Waals surface area contributed by atoms with Gasteiger partial charge in [0.15, 0.2) is 17.3 Å². The average molecular weight is 403 g/mol. The second-order valence-electron chi connectivity index (χ2n) is 6.57. The van der Waals surface area contributed by atoms with Gasteiger partial charge >= 0.3 is 0 Å². The van der Waals surface area contributed by atoms with E-state index in [2.05, 4.69) is 5.32 Å². The van der Waals surface area contributed by atoms with Gasteiger partial charge in [0.05, 0.1) is 13.7 Å². The third-order valence-electron chi connectivity index (χ3n) is 4.60. The van der Waals surface area contributed by atoms with E-state index in [-0.39, 0.29) is 18.3 Å². The van der Waals surface area contributed by atoms with Crippen molar-refractivity contribution in [2.24, 2.45) is 0 Å². The van der Waals surface area contributed by atoms with Gasteiger partial charge < -0.3 is 23.9 Å². The van der Waals surface area contributed by atoms with Gasteiger partial charge in [0.2, 0.25) is 0 Å². The number of carbonyl (C=O) groups excluding carboxylic acids is 1. The highest BCUT2D eigenvalue weighted by Gasteiger charge is 2.20. The fourth-order valence-corrected chi connectivity index (χ4v) is 3.19. The van der Waals surface area contributed by atoms with Gasteiger partial charge in [0.25, 0.3) is 5.91 Å². The molecule has 0 bridgehead atoms. The molecule has 1 heterocycles. The third-order valence-corrected chi connectivity index (χ3v) is 4.60. The molecular weight excluding hydrogens is 382 g/mol. The molecule has 0 fully saturated rings.